The van der Waals surface area contributed by atoms with Crippen molar-refractivity contribution in [1.82, 2.24) is 4.90 Å². The van der Waals surface area contributed by atoms with Gasteiger partial charge in [0.1, 0.15) is 5.75 Å². The summed E-state index contributed by atoms with van der Waals surface area (Å²) in [7, 11) is 0. The van der Waals surface area contributed by atoms with Crippen molar-refractivity contribution in [3.63, 3.8) is 0 Å². The summed E-state index contributed by atoms with van der Waals surface area (Å²) in [5.41, 5.74) is 1.94. The van der Waals surface area contributed by atoms with Gasteiger partial charge in [0.15, 0.2) is 0 Å². The molecule has 3 rings (SSSR count). The molecule has 0 aromatic heterocycles. The average Bonchev–Trinajstić information content (AvgIpc) is 2.72. The molecule has 7 heteroatoms. The molecule has 0 radical (unpaired) electrons. The first-order chi connectivity index (χ1) is 14.0. The van der Waals surface area contributed by atoms with Gasteiger partial charge in [-0.15, -0.1) is 0 Å². The van der Waals surface area contributed by atoms with E-state index in [1.165, 1.54) is 0 Å². The van der Waals surface area contributed by atoms with Gasteiger partial charge in [0, 0.05) is 36.1 Å². The molecular weight excluding hydrogens is 370 g/mol. The normalized spacial score (nSPS) is 13.8. The Kier molecular flexibility index (Phi) is 7.08. The SMILES string of the molecule is CC(C)Oc1cccc(NCC(=O)Nc2cccc(C(=O)N3CCOCC3)c2)c1. The van der Waals surface area contributed by atoms with Gasteiger partial charge < -0.3 is 25.0 Å². The van der Waals surface area contributed by atoms with Gasteiger partial charge in [0.05, 0.1) is 25.9 Å². The minimum absolute atomic E-state index is 0.0514. The lowest BCUT2D eigenvalue weighted by Crippen LogP contribution is -2.40. The molecule has 154 valence electrons. The topological polar surface area (TPSA) is 79.9 Å². The molecule has 1 heterocycles. The number of carbonyl (C=O) groups is 2. The molecule has 2 amide bonds. The maximum Gasteiger partial charge on any atom is 0.254 e. The molecule has 1 aliphatic rings. The highest BCUT2D eigenvalue weighted by Gasteiger charge is 2.18. The van der Waals surface area contributed by atoms with Crippen molar-refractivity contribution in [3.8, 4) is 5.75 Å². The fraction of sp³-hybridized carbons (Fsp3) is 0.364. The quantitative estimate of drug-likeness (QED) is 0.751. The summed E-state index contributed by atoms with van der Waals surface area (Å²) in [4.78, 5) is 26.7. The first-order valence-corrected chi connectivity index (χ1v) is 9.79. The monoisotopic (exact) mass is 397 g/mol. The summed E-state index contributed by atoms with van der Waals surface area (Å²) >= 11 is 0. The van der Waals surface area contributed by atoms with Crippen LogP contribution in [0.25, 0.3) is 0 Å². The predicted molar refractivity (Wildman–Crippen MR) is 112 cm³/mol. The highest BCUT2D eigenvalue weighted by atomic mass is 16.5. The number of anilines is 2. The smallest absolute Gasteiger partial charge is 0.254 e. The number of hydrogen-bond donors (Lipinski definition) is 2. The van der Waals surface area contributed by atoms with Crippen molar-refractivity contribution in [3.05, 3.63) is 54.1 Å². The molecule has 0 atom stereocenters. The molecule has 2 N–H and O–H groups in total. The van der Waals surface area contributed by atoms with E-state index in [0.717, 1.165) is 11.4 Å². The van der Waals surface area contributed by atoms with E-state index in [9.17, 15) is 9.59 Å². The minimum Gasteiger partial charge on any atom is -0.491 e. The molecule has 0 bridgehead atoms. The third kappa shape index (κ3) is 6.22. The predicted octanol–water partition coefficient (Wildman–Crippen LogP) is 3.00. The lowest BCUT2D eigenvalue weighted by Gasteiger charge is -2.27. The van der Waals surface area contributed by atoms with E-state index in [2.05, 4.69) is 10.6 Å². The number of nitrogens with one attached hydrogen (secondary N) is 2. The molecule has 29 heavy (non-hydrogen) atoms. The molecule has 2 aromatic rings. The summed E-state index contributed by atoms with van der Waals surface area (Å²) in [6.07, 6.45) is 0.0843. The van der Waals surface area contributed by atoms with Gasteiger partial charge in [0.25, 0.3) is 5.91 Å². The number of morpholine rings is 1. The first-order valence-electron chi connectivity index (χ1n) is 9.79. The zero-order valence-corrected chi connectivity index (χ0v) is 16.8. The Balaban J connectivity index is 1.55. The average molecular weight is 397 g/mol. The van der Waals surface area contributed by atoms with Crippen LogP contribution in [0.1, 0.15) is 24.2 Å². The van der Waals surface area contributed by atoms with Crippen LogP contribution >= 0.6 is 0 Å². The van der Waals surface area contributed by atoms with Gasteiger partial charge in [0.2, 0.25) is 5.91 Å². The summed E-state index contributed by atoms with van der Waals surface area (Å²) < 4.78 is 10.9. The Labute approximate surface area is 171 Å². The van der Waals surface area contributed by atoms with Crippen LogP contribution in [0.15, 0.2) is 48.5 Å². The minimum atomic E-state index is -0.198. The van der Waals surface area contributed by atoms with Crippen LogP contribution in [0.5, 0.6) is 5.75 Å². The Morgan fingerprint density at radius 2 is 1.79 bits per heavy atom. The number of amides is 2. The first kappa shape index (κ1) is 20.7. The zero-order valence-electron chi connectivity index (χ0n) is 16.8. The number of rotatable bonds is 7. The molecule has 0 spiro atoms. The molecule has 1 saturated heterocycles. The number of nitrogens with zero attached hydrogens (tertiary/aromatic N) is 1. The van der Waals surface area contributed by atoms with Crippen molar-refractivity contribution < 1.29 is 19.1 Å². The molecule has 7 nitrogen and oxygen atoms in total. The maximum atomic E-state index is 12.6. The standard InChI is InChI=1S/C22H27N3O4/c1-16(2)29-20-8-4-6-18(14-20)23-15-21(26)24-19-7-3-5-17(13-19)22(27)25-9-11-28-12-10-25/h3-8,13-14,16,23H,9-12,15H2,1-2H3,(H,24,26). The van der Waals surface area contributed by atoms with Crippen LogP contribution in [-0.4, -0.2) is 55.7 Å². The Bertz CT molecular complexity index is 847. The maximum absolute atomic E-state index is 12.6. The second-order valence-electron chi connectivity index (χ2n) is 7.08. The second kappa shape index (κ2) is 9.93. The van der Waals surface area contributed by atoms with E-state index in [0.29, 0.717) is 37.6 Å². The van der Waals surface area contributed by atoms with Crippen LogP contribution in [0.2, 0.25) is 0 Å². The number of carbonyl (C=O) groups excluding carboxylic acids is 2. The Morgan fingerprint density at radius 1 is 1.07 bits per heavy atom. The second-order valence-corrected chi connectivity index (χ2v) is 7.08. The van der Waals surface area contributed by atoms with E-state index >= 15 is 0 Å². The Hall–Kier alpha value is -3.06. The molecule has 1 fully saturated rings. The van der Waals surface area contributed by atoms with Crippen LogP contribution in [-0.2, 0) is 9.53 Å². The van der Waals surface area contributed by atoms with E-state index in [4.69, 9.17) is 9.47 Å². The van der Waals surface area contributed by atoms with Crippen molar-refractivity contribution in [2.45, 2.75) is 20.0 Å². The third-order valence-corrected chi connectivity index (χ3v) is 4.35. The van der Waals surface area contributed by atoms with E-state index in [1.807, 2.05) is 38.1 Å². The fourth-order valence-electron chi connectivity index (χ4n) is 3.02. The van der Waals surface area contributed by atoms with Gasteiger partial charge >= 0.3 is 0 Å². The van der Waals surface area contributed by atoms with Gasteiger partial charge in [-0.2, -0.15) is 0 Å². The summed E-state index contributed by atoms with van der Waals surface area (Å²) in [6, 6.07) is 14.5. The lowest BCUT2D eigenvalue weighted by molar-refractivity contribution is -0.114. The largest absolute Gasteiger partial charge is 0.491 e. The van der Waals surface area contributed by atoms with Crippen molar-refractivity contribution in [2.75, 3.05) is 43.5 Å². The zero-order chi connectivity index (χ0) is 20.6. The molecule has 0 unspecified atom stereocenters. The van der Waals surface area contributed by atoms with Gasteiger partial charge in [-0.1, -0.05) is 12.1 Å². The summed E-state index contributed by atoms with van der Waals surface area (Å²) in [6.45, 7) is 6.30. The third-order valence-electron chi connectivity index (χ3n) is 4.35. The van der Waals surface area contributed by atoms with E-state index in [-0.39, 0.29) is 24.5 Å². The van der Waals surface area contributed by atoms with Crippen molar-refractivity contribution in [2.24, 2.45) is 0 Å². The summed E-state index contributed by atoms with van der Waals surface area (Å²) in [5.74, 6) is 0.500. The van der Waals surface area contributed by atoms with Gasteiger partial charge in [-0.05, 0) is 44.2 Å². The highest BCUT2D eigenvalue weighted by Crippen LogP contribution is 2.18. The van der Waals surface area contributed by atoms with Crippen molar-refractivity contribution in [1.29, 1.82) is 0 Å². The van der Waals surface area contributed by atoms with Gasteiger partial charge in [-0.25, -0.2) is 0 Å². The molecule has 1 aliphatic heterocycles. The van der Waals surface area contributed by atoms with Crippen LogP contribution in [0.4, 0.5) is 11.4 Å². The number of ether oxygens (including phenoxy) is 2. The van der Waals surface area contributed by atoms with Crippen LogP contribution in [0.3, 0.4) is 0 Å². The number of hydrogen-bond acceptors (Lipinski definition) is 5. The lowest BCUT2D eigenvalue weighted by atomic mass is 10.1. The molecule has 0 saturated carbocycles. The van der Waals surface area contributed by atoms with Gasteiger partial charge in [-0.3, -0.25) is 9.59 Å². The highest BCUT2D eigenvalue weighted by molar-refractivity contribution is 5.98. The van der Waals surface area contributed by atoms with E-state index in [1.54, 1.807) is 29.2 Å². The fourth-order valence-corrected chi connectivity index (χ4v) is 3.02. The summed E-state index contributed by atoms with van der Waals surface area (Å²) in [5, 5.41) is 5.92. The van der Waals surface area contributed by atoms with Crippen LogP contribution in [0, 0.1) is 0 Å². The van der Waals surface area contributed by atoms with Crippen LogP contribution < -0.4 is 15.4 Å². The van der Waals surface area contributed by atoms with E-state index < -0.39 is 0 Å². The number of benzene rings is 2. The molecule has 0 aliphatic carbocycles. The van der Waals surface area contributed by atoms with Crippen molar-refractivity contribution >= 4 is 23.2 Å². The molecule has 2 aromatic carbocycles. The molecular formula is C22H27N3O4. The Morgan fingerprint density at radius 3 is 2.55 bits per heavy atom.